The molecule has 0 aliphatic rings. The summed E-state index contributed by atoms with van der Waals surface area (Å²) in [5, 5.41) is 0. The molecule has 0 amide bonds. The first kappa shape index (κ1) is 50.4. The predicted octanol–water partition coefficient (Wildman–Crippen LogP) is 14.3. The molecule has 52 heavy (non-hydrogen) atoms. The minimum absolute atomic E-state index is 0.0643. The van der Waals surface area contributed by atoms with Gasteiger partial charge in [-0.3, -0.25) is 14.4 Å². The normalized spacial score (nSPS) is 12.5. The summed E-state index contributed by atoms with van der Waals surface area (Å²) in [5.74, 6) is 0.00945. The van der Waals surface area contributed by atoms with Gasteiger partial charge >= 0.3 is 17.9 Å². The van der Waals surface area contributed by atoms with E-state index in [1.54, 1.807) is 0 Å². The van der Waals surface area contributed by atoms with Crippen LogP contribution in [0, 0.1) is 5.92 Å². The van der Waals surface area contributed by atoms with E-state index in [1.807, 2.05) is 0 Å². The lowest BCUT2D eigenvalue weighted by Crippen LogP contribution is -2.30. The molecule has 0 spiro atoms. The maximum absolute atomic E-state index is 12.6. The standard InChI is InChI=1S/C46H88O6/c1-5-8-10-12-14-15-16-17-18-22-26-29-33-37-44(47)50-40-43(52-46(49)39-35-31-24-13-11-9-6-2)41-51-45(48)38-34-30-27-23-20-19-21-25-28-32-36-42(4)7-3/h42-43H,5-41H2,1-4H3/t42?,43-/m0/s1. The number of hydrogen-bond donors (Lipinski definition) is 0. The average molecular weight is 737 g/mol. The van der Waals surface area contributed by atoms with Gasteiger partial charge in [0.05, 0.1) is 0 Å². The highest BCUT2D eigenvalue weighted by atomic mass is 16.6. The number of ether oxygens (including phenoxy) is 3. The van der Waals surface area contributed by atoms with Gasteiger partial charge in [-0.05, 0) is 25.2 Å². The molecule has 0 fully saturated rings. The summed E-state index contributed by atoms with van der Waals surface area (Å²) in [5.41, 5.74) is 0. The fraction of sp³-hybridized carbons (Fsp3) is 0.935. The lowest BCUT2D eigenvalue weighted by Gasteiger charge is -2.18. The van der Waals surface area contributed by atoms with Crippen molar-refractivity contribution in [2.45, 2.75) is 259 Å². The third-order valence-corrected chi connectivity index (χ3v) is 10.7. The van der Waals surface area contributed by atoms with Gasteiger partial charge in [0, 0.05) is 19.3 Å². The Morgan fingerprint density at radius 1 is 0.385 bits per heavy atom. The molecule has 0 saturated carbocycles. The molecular formula is C46H88O6. The van der Waals surface area contributed by atoms with Crippen LogP contribution in [-0.2, 0) is 28.6 Å². The molecule has 0 heterocycles. The molecule has 0 N–H and O–H groups in total. The maximum Gasteiger partial charge on any atom is 0.306 e. The van der Waals surface area contributed by atoms with Gasteiger partial charge in [0.1, 0.15) is 13.2 Å². The van der Waals surface area contributed by atoms with Crippen LogP contribution < -0.4 is 0 Å². The van der Waals surface area contributed by atoms with Crippen molar-refractivity contribution in [2.75, 3.05) is 13.2 Å². The van der Waals surface area contributed by atoms with Crippen LogP contribution in [0.1, 0.15) is 252 Å². The van der Waals surface area contributed by atoms with Gasteiger partial charge in [-0.15, -0.1) is 0 Å². The van der Waals surface area contributed by atoms with Crippen molar-refractivity contribution in [2.24, 2.45) is 5.92 Å². The molecule has 0 radical (unpaired) electrons. The number of hydrogen-bond acceptors (Lipinski definition) is 6. The molecule has 0 aliphatic heterocycles. The smallest absolute Gasteiger partial charge is 0.306 e. The van der Waals surface area contributed by atoms with Gasteiger partial charge < -0.3 is 14.2 Å². The largest absolute Gasteiger partial charge is 0.462 e. The third kappa shape index (κ3) is 38.1. The topological polar surface area (TPSA) is 78.9 Å². The van der Waals surface area contributed by atoms with Gasteiger partial charge in [-0.2, -0.15) is 0 Å². The van der Waals surface area contributed by atoms with Crippen molar-refractivity contribution in [1.29, 1.82) is 0 Å². The molecule has 0 aromatic rings. The maximum atomic E-state index is 12.6. The first-order chi connectivity index (χ1) is 25.4. The highest BCUT2D eigenvalue weighted by Gasteiger charge is 2.19. The zero-order valence-electron chi connectivity index (χ0n) is 35.3. The van der Waals surface area contributed by atoms with Crippen molar-refractivity contribution < 1.29 is 28.6 Å². The summed E-state index contributed by atoms with van der Waals surface area (Å²) in [6.07, 6.45) is 39.4. The summed E-state index contributed by atoms with van der Waals surface area (Å²) in [4.78, 5) is 37.6. The number of carbonyl (C=O) groups is 3. The van der Waals surface area contributed by atoms with Crippen LogP contribution in [0.4, 0.5) is 0 Å². The molecule has 6 nitrogen and oxygen atoms in total. The Morgan fingerprint density at radius 2 is 0.673 bits per heavy atom. The van der Waals surface area contributed by atoms with E-state index in [0.29, 0.717) is 19.3 Å². The summed E-state index contributed by atoms with van der Waals surface area (Å²) in [7, 11) is 0. The van der Waals surface area contributed by atoms with E-state index in [4.69, 9.17) is 14.2 Å². The summed E-state index contributed by atoms with van der Waals surface area (Å²) in [6.45, 7) is 8.98. The van der Waals surface area contributed by atoms with Crippen molar-refractivity contribution >= 4 is 17.9 Å². The zero-order valence-corrected chi connectivity index (χ0v) is 35.3. The highest BCUT2D eigenvalue weighted by Crippen LogP contribution is 2.17. The van der Waals surface area contributed by atoms with Crippen molar-refractivity contribution in [3.8, 4) is 0 Å². The van der Waals surface area contributed by atoms with E-state index in [2.05, 4.69) is 27.7 Å². The second-order valence-electron chi connectivity index (χ2n) is 15.9. The minimum Gasteiger partial charge on any atom is -0.462 e. The summed E-state index contributed by atoms with van der Waals surface area (Å²) < 4.78 is 16.7. The third-order valence-electron chi connectivity index (χ3n) is 10.7. The van der Waals surface area contributed by atoms with Crippen LogP contribution >= 0.6 is 0 Å². The molecule has 0 saturated heterocycles. The molecule has 308 valence electrons. The summed E-state index contributed by atoms with van der Waals surface area (Å²) >= 11 is 0. The van der Waals surface area contributed by atoms with Crippen molar-refractivity contribution in [3.63, 3.8) is 0 Å². The number of esters is 3. The fourth-order valence-corrected chi connectivity index (χ4v) is 6.77. The quantitative estimate of drug-likeness (QED) is 0.0353. The Balaban J connectivity index is 4.24. The fourth-order valence-electron chi connectivity index (χ4n) is 6.77. The Bertz CT molecular complexity index is 783. The lowest BCUT2D eigenvalue weighted by molar-refractivity contribution is -0.167. The van der Waals surface area contributed by atoms with E-state index in [9.17, 15) is 14.4 Å². The molecule has 0 aromatic heterocycles. The van der Waals surface area contributed by atoms with Gasteiger partial charge in [-0.25, -0.2) is 0 Å². The Kier molecular flexibility index (Phi) is 39.4. The van der Waals surface area contributed by atoms with Crippen LogP contribution in [0.3, 0.4) is 0 Å². The van der Waals surface area contributed by atoms with Gasteiger partial charge in [-0.1, -0.05) is 214 Å². The predicted molar refractivity (Wildman–Crippen MR) is 220 cm³/mol. The average Bonchev–Trinajstić information content (AvgIpc) is 3.14. The van der Waals surface area contributed by atoms with Crippen molar-refractivity contribution in [1.82, 2.24) is 0 Å². The van der Waals surface area contributed by atoms with Crippen LogP contribution in [0.2, 0.25) is 0 Å². The van der Waals surface area contributed by atoms with E-state index in [0.717, 1.165) is 63.7 Å². The van der Waals surface area contributed by atoms with Gasteiger partial charge in [0.25, 0.3) is 0 Å². The minimum atomic E-state index is -0.758. The van der Waals surface area contributed by atoms with E-state index in [1.165, 1.54) is 148 Å². The SMILES string of the molecule is CCCCCCCCCCCCCCCC(=O)OC[C@@H](COC(=O)CCCCCCCCCCCCC(C)CC)OC(=O)CCCCCCCCC. The lowest BCUT2D eigenvalue weighted by atomic mass is 9.99. The molecule has 0 bridgehead atoms. The number of rotatable bonds is 41. The second-order valence-corrected chi connectivity index (χ2v) is 15.9. The Hall–Kier alpha value is -1.59. The molecular weight excluding hydrogens is 649 g/mol. The molecule has 6 heteroatoms. The molecule has 0 rings (SSSR count). The molecule has 2 atom stereocenters. The van der Waals surface area contributed by atoms with Gasteiger partial charge in [0.15, 0.2) is 6.10 Å². The number of unbranched alkanes of at least 4 members (excludes halogenated alkanes) is 27. The van der Waals surface area contributed by atoms with Crippen LogP contribution in [-0.4, -0.2) is 37.2 Å². The molecule has 0 aliphatic carbocycles. The summed E-state index contributed by atoms with van der Waals surface area (Å²) in [6, 6.07) is 0. The Labute approximate surface area is 323 Å². The zero-order chi connectivity index (χ0) is 38.2. The van der Waals surface area contributed by atoms with Crippen LogP contribution in [0.15, 0.2) is 0 Å². The molecule has 0 aromatic carbocycles. The first-order valence-electron chi connectivity index (χ1n) is 22.9. The van der Waals surface area contributed by atoms with Crippen LogP contribution in [0.25, 0.3) is 0 Å². The van der Waals surface area contributed by atoms with Crippen LogP contribution in [0.5, 0.6) is 0 Å². The Morgan fingerprint density at radius 3 is 1.00 bits per heavy atom. The molecule has 1 unspecified atom stereocenters. The van der Waals surface area contributed by atoms with Crippen molar-refractivity contribution in [3.05, 3.63) is 0 Å². The monoisotopic (exact) mass is 737 g/mol. The van der Waals surface area contributed by atoms with E-state index >= 15 is 0 Å². The second kappa shape index (κ2) is 40.6. The van der Waals surface area contributed by atoms with E-state index < -0.39 is 6.10 Å². The van der Waals surface area contributed by atoms with E-state index in [-0.39, 0.29) is 31.1 Å². The highest BCUT2D eigenvalue weighted by molar-refractivity contribution is 5.71. The number of carbonyl (C=O) groups excluding carboxylic acids is 3. The first-order valence-corrected chi connectivity index (χ1v) is 22.9. The van der Waals surface area contributed by atoms with Gasteiger partial charge in [0.2, 0.25) is 0 Å².